The first-order valence-electron chi connectivity index (χ1n) is 15.1. The molecule has 9 heteroatoms. The highest BCUT2D eigenvalue weighted by Gasteiger charge is 2.34. The lowest BCUT2D eigenvalue weighted by atomic mass is 9.95. The van der Waals surface area contributed by atoms with Crippen molar-refractivity contribution >= 4 is 39.1 Å². The van der Waals surface area contributed by atoms with Crippen molar-refractivity contribution < 1.29 is 18.0 Å². The largest absolute Gasteiger partial charge is 0.352 e. The summed E-state index contributed by atoms with van der Waals surface area (Å²) in [6.07, 6.45) is 5.47. The second kappa shape index (κ2) is 14.9. The molecule has 1 atom stereocenters. The predicted molar refractivity (Wildman–Crippen MR) is 173 cm³/mol. The van der Waals surface area contributed by atoms with Crippen LogP contribution in [0.25, 0.3) is 0 Å². The van der Waals surface area contributed by atoms with Crippen LogP contribution >= 0.6 is 11.6 Å². The Kier molecular flexibility index (Phi) is 11.3. The summed E-state index contributed by atoms with van der Waals surface area (Å²) in [6.45, 7) is 5.58. The normalized spacial score (nSPS) is 14.7. The van der Waals surface area contributed by atoms with Gasteiger partial charge < -0.3 is 10.2 Å². The van der Waals surface area contributed by atoms with E-state index in [0.717, 1.165) is 42.0 Å². The molecule has 0 bridgehead atoms. The van der Waals surface area contributed by atoms with Gasteiger partial charge in [0.1, 0.15) is 12.6 Å². The van der Waals surface area contributed by atoms with Gasteiger partial charge in [0.05, 0.1) is 10.6 Å². The van der Waals surface area contributed by atoms with Gasteiger partial charge in [-0.3, -0.25) is 13.9 Å². The average molecular weight is 624 g/mol. The zero-order chi connectivity index (χ0) is 31.0. The summed E-state index contributed by atoms with van der Waals surface area (Å²) in [5.41, 5.74) is 2.11. The molecule has 0 aliphatic heterocycles. The van der Waals surface area contributed by atoms with Gasteiger partial charge in [-0.15, -0.1) is 0 Å². The van der Waals surface area contributed by atoms with Crippen LogP contribution in [0.1, 0.15) is 76.3 Å². The smallest absolute Gasteiger partial charge is 0.264 e. The molecule has 1 N–H and O–H groups in total. The second-order valence-corrected chi connectivity index (χ2v) is 13.7. The van der Waals surface area contributed by atoms with Crippen LogP contribution in [0.4, 0.5) is 5.69 Å². The van der Waals surface area contributed by atoms with E-state index in [2.05, 4.69) is 19.2 Å². The molecular weight excluding hydrogens is 582 g/mol. The van der Waals surface area contributed by atoms with Crippen LogP contribution in [0, 0.1) is 0 Å². The summed E-state index contributed by atoms with van der Waals surface area (Å²) in [5.74, 6) is -0.458. The Balaban J connectivity index is 1.71. The Labute approximate surface area is 261 Å². The van der Waals surface area contributed by atoms with E-state index < -0.39 is 28.5 Å². The molecule has 3 aromatic rings. The van der Waals surface area contributed by atoms with E-state index >= 15 is 0 Å². The van der Waals surface area contributed by atoms with Crippen molar-refractivity contribution in [2.75, 3.05) is 10.8 Å². The van der Waals surface area contributed by atoms with Gasteiger partial charge in [0, 0.05) is 17.6 Å². The van der Waals surface area contributed by atoms with Crippen LogP contribution in [0.2, 0.25) is 5.02 Å². The van der Waals surface area contributed by atoms with Crippen LogP contribution in [-0.2, 0) is 26.2 Å². The molecule has 2 amide bonds. The maximum absolute atomic E-state index is 14.3. The molecule has 0 heterocycles. The number of sulfonamides is 1. The summed E-state index contributed by atoms with van der Waals surface area (Å²) >= 11 is 6.51. The molecule has 1 unspecified atom stereocenters. The van der Waals surface area contributed by atoms with Gasteiger partial charge >= 0.3 is 0 Å². The number of amides is 2. The van der Waals surface area contributed by atoms with Crippen LogP contribution in [0.5, 0.6) is 0 Å². The fourth-order valence-electron chi connectivity index (χ4n) is 5.55. The number of hydrogen-bond acceptors (Lipinski definition) is 4. The zero-order valence-electron chi connectivity index (χ0n) is 25.2. The average Bonchev–Trinajstić information content (AvgIpc) is 3.01. The summed E-state index contributed by atoms with van der Waals surface area (Å²) in [5, 5.41) is 3.64. The van der Waals surface area contributed by atoms with E-state index in [1.54, 1.807) is 42.5 Å². The highest BCUT2D eigenvalue weighted by atomic mass is 35.5. The fraction of sp³-hybridized carbons (Fsp3) is 0.412. The number of nitrogens with one attached hydrogen (secondary N) is 1. The van der Waals surface area contributed by atoms with E-state index in [9.17, 15) is 18.0 Å². The lowest BCUT2D eigenvalue weighted by Crippen LogP contribution is -2.54. The third kappa shape index (κ3) is 8.18. The van der Waals surface area contributed by atoms with Gasteiger partial charge in [0.15, 0.2) is 0 Å². The van der Waals surface area contributed by atoms with E-state index in [0.29, 0.717) is 22.7 Å². The third-order valence-electron chi connectivity index (χ3n) is 8.09. The number of hydrogen-bond donors (Lipinski definition) is 1. The molecule has 7 nitrogen and oxygen atoms in total. The minimum Gasteiger partial charge on any atom is -0.352 e. The number of halogens is 1. The first-order valence-corrected chi connectivity index (χ1v) is 16.9. The maximum Gasteiger partial charge on any atom is 0.264 e. The molecule has 3 aromatic carbocycles. The minimum absolute atomic E-state index is 0.0701. The SMILES string of the molecule is CCC(C(=O)NC1CCCCC1)N(Cc1ccccc1Cl)C(=O)CN(c1ccc(C(C)C)cc1)S(=O)(=O)c1ccccc1. The lowest BCUT2D eigenvalue weighted by Gasteiger charge is -2.34. The van der Waals surface area contributed by atoms with E-state index in [-0.39, 0.29) is 29.3 Å². The van der Waals surface area contributed by atoms with Gasteiger partial charge in [-0.2, -0.15) is 0 Å². The Hall–Kier alpha value is -3.36. The lowest BCUT2D eigenvalue weighted by molar-refractivity contribution is -0.140. The topological polar surface area (TPSA) is 86.8 Å². The van der Waals surface area contributed by atoms with Crippen molar-refractivity contribution in [2.45, 2.75) is 88.7 Å². The Morgan fingerprint density at radius 3 is 2.14 bits per heavy atom. The van der Waals surface area contributed by atoms with Gasteiger partial charge in [0.2, 0.25) is 11.8 Å². The van der Waals surface area contributed by atoms with Crippen molar-refractivity contribution in [3.05, 3.63) is 95.0 Å². The number of anilines is 1. The van der Waals surface area contributed by atoms with Gasteiger partial charge in [-0.1, -0.05) is 100 Å². The summed E-state index contributed by atoms with van der Waals surface area (Å²) < 4.78 is 29.2. The summed E-state index contributed by atoms with van der Waals surface area (Å²) in [7, 11) is -4.11. The van der Waals surface area contributed by atoms with Crippen LogP contribution < -0.4 is 9.62 Å². The zero-order valence-corrected chi connectivity index (χ0v) is 26.8. The molecule has 43 heavy (non-hydrogen) atoms. The van der Waals surface area contributed by atoms with Gasteiger partial charge in [-0.05, 0) is 66.6 Å². The van der Waals surface area contributed by atoms with E-state index in [1.807, 2.05) is 31.2 Å². The van der Waals surface area contributed by atoms with Gasteiger partial charge in [0.25, 0.3) is 10.0 Å². The van der Waals surface area contributed by atoms with Crippen molar-refractivity contribution in [3.8, 4) is 0 Å². The molecule has 0 radical (unpaired) electrons. The first-order chi connectivity index (χ1) is 20.6. The number of benzene rings is 3. The third-order valence-corrected chi connectivity index (χ3v) is 10.3. The van der Waals surface area contributed by atoms with E-state index in [4.69, 9.17) is 11.6 Å². The second-order valence-electron chi connectivity index (χ2n) is 11.5. The molecule has 0 spiro atoms. The first kappa shape index (κ1) is 32.6. The molecule has 230 valence electrons. The van der Waals surface area contributed by atoms with Crippen molar-refractivity contribution in [1.82, 2.24) is 10.2 Å². The van der Waals surface area contributed by atoms with Crippen LogP contribution in [0.3, 0.4) is 0 Å². The number of rotatable bonds is 12. The van der Waals surface area contributed by atoms with Crippen LogP contribution in [-0.4, -0.2) is 43.8 Å². The molecule has 1 aliphatic rings. The molecule has 0 aromatic heterocycles. The Morgan fingerprint density at radius 1 is 0.907 bits per heavy atom. The maximum atomic E-state index is 14.3. The predicted octanol–water partition coefficient (Wildman–Crippen LogP) is 6.92. The molecular formula is C34H42ClN3O4S. The Morgan fingerprint density at radius 2 is 1.53 bits per heavy atom. The fourth-order valence-corrected chi connectivity index (χ4v) is 7.18. The van der Waals surface area contributed by atoms with Crippen LogP contribution in [0.15, 0.2) is 83.8 Å². The van der Waals surface area contributed by atoms with Crippen molar-refractivity contribution in [1.29, 1.82) is 0 Å². The Bertz CT molecular complexity index is 1470. The summed E-state index contributed by atoms with van der Waals surface area (Å²) in [6, 6.07) is 21.8. The highest BCUT2D eigenvalue weighted by Crippen LogP contribution is 2.28. The van der Waals surface area contributed by atoms with Crippen molar-refractivity contribution in [2.24, 2.45) is 0 Å². The quantitative estimate of drug-likeness (QED) is 0.237. The monoisotopic (exact) mass is 623 g/mol. The summed E-state index contributed by atoms with van der Waals surface area (Å²) in [4.78, 5) is 29.5. The molecule has 4 rings (SSSR count). The number of nitrogens with zero attached hydrogens (tertiary/aromatic N) is 2. The number of carbonyl (C=O) groups is 2. The van der Waals surface area contributed by atoms with Gasteiger partial charge in [-0.25, -0.2) is 8.42 Å². The molecule has 1 fully saturated rings. The molecule has 0 saturated heterocycles. The molecule has 1 saturated carbocycles. The number of carbonyl (C=O) groups excluding carboxylic acids is 2. The van der Waals surface area contributed by atoms with Crippen molar-refractivity contribution in [3.63, 3.8) is 0 Å². The highest BCUT2D eigenvalue weighted by molar-refractivity contribution is 7.92. The minimum atomic E-state index is -4.11. The van der Waals surface area contributed by atoms with E-state index in [1.165, 1.54) is 17.0 Å². The molecule has 1 aliphatic carbocycles. The standard InChI is InChI=1S/C34H42ClN3O4S/c1-4-32(34(40)36-28-14-7-5-8-15-28)37(23-27-13-11-12-18-31(27)35)33(39)24-38(29-21-19-26(20-22-29)25(2)3)43(41,42)30-16-9-6-10-17-30/h6,9-13,16-22,25,28,32H,4-5,7-8,14-15,23-24H2,1-3H3,(H,36,40).